The van der Waals surface area contributed by atoms with E-state index in [0.29, 0.717) is 12.1 Å². The average Bonchev–Trinajstić information content (AvgIpc) is 2.95. The number of hydrogen-bond acceptors (Lipinski definition) is 3. The van der Waals surface area contributed by atoms with E-state index in [4.69, 9.17) is 11.0 Å². The third kappa shape index (κ3) is 2.67. The van der Waals surface area contributed by atoms with Gasteiger partial charge in [0.2, 0.25) is 0 Å². The molecule has 4 heteroatoms. The molecule has 0 bridgehead atoms. The lowest BCUT2D eigenvalue weighted by Crippen LogP contribution is -2.02. The van der Waals surface area contributed by atoms with E-state index in [9.17, 15) is 4.39 Å². The van der Waals surface area contributed by atoms with E-state index in [1.165, 1.54) is 12.1 Å². The van der Waals surface area contributed by atoms with Gasteiger partial charge in [0.15, 0.2) is 0 Å². The maximum absolute atomic E-state index is 13.1. The van der Waals surface area contributed by atoms with Crippen molar-refractivity contribution in [2.24, 2.45) is 5.41 Å². The fraction of sp³-hybridized carbons (Fsp3) is 0.417. The van der Waals surface area contributed by atoms with Gasteiger partial charge in [-0.15, -0.1) is 11.8 Å². The van der Waals surface area contributed by atoms with Crippen molar-refractivity contribution in [2.75, 3.05) is 11.5 Å². The summed E-state index contributed by atoms with van der Waals surface area (Å²) in [6.07, 6.45) is 2.82. The Morgan fingerprint density at radius 2 is 2.19 bits per heavy atom. The van der Waals surface area contributed by atoms with Crippen molar-refractivity contribution < 1.29 is 4.39 Å². The Morgan fingerprint density at radius 1 is 1.44 bits per heavy atom. The molecule has 0 spiro atoms. The van der Waals surface area contributed by atoms with Crippen molar-refractivity contribution >= 4 is 17.4 Å². The molecule has 0 atom stereocenters. The molecule has 2 N–H and O–H groups in total. The number of benzene rings is 1. The highest BCUT2D eigenvalue weighted by molar-refractivity contribution is 7.99. The summed E-state index contributed by atoms with van der Waals surface area (Å²) < 4.78 is 13.1. The van der Waals surface area contributed by atoms with E-state index in [1.807, 2.05) is 0 Å². The Morgan fingerprint density at radius 3 is 2.75 bits per heavy atom. The molecule has 0 unspecified atom stereocenters. The summed E-state index contributed by atoms with van der Waals surface area (Å²) in [6.45, 7) is 0. The van der Waals surface area contributed by atoms with Gasteiger partial charge in [0, 0.05) is 22.8 Å². The molecule has 0 heterocycles. The van der Waals surface area contributed by atoms with E-state index in [1.54, 1.807) is 17.8 Å². The Bertz CT molecular complexity index is 415. The number of thioether (sulfide) groups is 1. The van der Waals surface area contributed by atoms with Crippen LogP contribution in [0.15, 0.2) is 23.1 Å². The molecule has 2 nitrogen and oxygen atoms in total. The molecule has 2 rings (SSSR count). The fourth-order valence-electron chi connectivity index (χ4n) is 1.62. The van der Waals surface area contributed by atoms with Gasteiger partial charge in [-0.3, -0.25) is 0 Å². The first kappa shape index (κ1) is 11.3. The van der Waals surface area contributed by atoms with Gasteiger partial charge in [0.25, 0.3) is 0 Å². The van der Waals surface area contributed by atoms with Gasteiger partial charge in [-0.2, -0.15) is 5.26 Å². The minimum Gasteiger partial charge on any atom is -0.399 e. The molecule has 0 saturated heterocycles. The van der Waals surface area contributed by atoms with Crippen molar-refractivity contribution in [1.29, 1.82) is 5.26 Å². The Hall–Kier alpha value is -1.21. The zero-order chi connectivity index (χ0) is 11.6. The second-order valence-corrected chi connectivity index (χ2v) is 5.39. The molecular weight excluding hydrogens is 223 g/mol. The molecule has 1 aromatic rings. The van der Waals surface area contributed by atoms with Crippen LogP contribution < -0.4 is 5.73 Å². The minimum absolute atomic E-state index is 0.181. The van der Waals surface area contributed by atoms with Gasteiger partial charge in [-0.25, -0.2) is 4.39 Å². The van der Waals surface area contributed by atoms with Crippen LogP contribution in [0, 0.1) is 22.6 Å². The number of nitrogen functional groups attached to an aromatic ring is 1. The van der Waals surface area contributed by atoms with Crippen LogP contribution in [0.2, 0.25) is 0 Å². The van der Waals surface area contributed by atoms with E-state index in [2.05, 4.69) is 6.07 Å². The summed E-state index contributed by atoms with van der Waals surface area (Å²) in [6, 6.07) is 6.79. The molecule has 1 saturated carbocycles. The molecule has 1 fully saturated rings. The summed E-state index contributed by atoms with van der Waals surface area (Å²) in [5.74, 6) is 0.580. The topological polar surface area (TPSA) is 49.8 Å². The second kappa shape index (κ2) is 4.34. The number of nitrogens with zero attached hydrogens (tertiary/aromatic N) is 1. The van der Waals surface area contributed by atoms with Crippen LogP contribution in [0.4, 0.5) is 10.1 Å². The van der Waals surface area contributed by atoms with E-state index >= 15 is 0 Å². The lowest BCUT2D eigenvalue weighted by molar-refractivity contribution is 0.603. The third-order valence-electron chi connectivity index (χ3n) is 2.85. The van der Waals surface area contributed by atoms with Crippen molar-refractivity contribution in [1.82, 2.24) is 0 Å². The zero-order valence-electron chi connectivity index (χ0n) is 8.87. The molecule has 16 heavy (non-hydrogen) atoms. The van der Waals surface area contributed by atoms with E-state index in [-0.39, 0.29) is 11.2 Å². The lowest BCUT2D eigenvalue weighted by Gasteiger charge is -2.10. The van der Waals surface area contributed by atoms with Gasteiger partial charge >= 0.3 is 0 Å². The first-order chi connectivity index (χ1) is 7.63. The Balaban J connectivity index is 1.97. The molecule has 0 amide bonds. The zero-order valence-corrected chi connectivity index (χ0v) is 9.69. The summed E-state index contributed by atoms with van der Waals surface area (Å²) in [4.78, 5) is 0.849. The van der Waals surface area contributed by atoms with Crippen LogP contribution in [-0.2, 0) is 0 Å². The molecular formula is C12H13FN2S. The number of hydrogen-bond donors (Lipinski definition) is 1. The molecule has 84 valence electrons. The Kier molecular flexibility index (Phi) is 3.06. The van der Waals surface area contributed by atoms with Crippen LogP contribution in [-0.4, -0.2) is 5.75 Å². The van der Waals surface area contributed by atoms with Crippen molar-refractivity contribution in [3.05, 3.63) is 24.0 Å². The first-order valence-electron chi connectivity index (χ1n) is 5.19. The highest BCUT2D eigenvalue weighted by Crippen LogP contribution is 2.51. The molecule has 1 aromatic carbocycles. The summed E-state index contributed by atoms with van der Waals surface area (Å²) >= 11 is 1.59. The van der Waals surface area contributed by atoms with Crippen LogP contribution in [0.25, 0.3) is 0 Å². The number of rotatable bonds is 4. The van der Waals surface area contributed by atoms with Gasteiger partial charge in [0.05, 0.1) is 6.07 Å². The van der Waals surface area contributed by atoms with E-state index < -0.39 is 0 Å². The smallest absolute Gasteiger partial charge is 0.126 e. The summed E-state index contributed by atoms with van der Waals surface area (Å²) in [5, 5.41) is 8.69. The van der Waals surface area contributed by atoms with Gasteiger partial charge in [-0.05, 0) is 36.5 Å². The van der Waals surface area contributed by atoms with Crippen molar-refractivity contribution in [3.8, 4) is 6.07 Å². The molecule has 1 aliphatic rings. The summed E-state index contributed by atoms with van der Waals surface area (Å²) in [5.41, 5.74) is 6.20. The van der Waals surface area contributed by atoms with Crippen LogP contribution in [0.5, 0.6) is 0 Å². The Labute approximate surface area is 98.6 Å². The van der Waals surface area contributed by atoms with Crippen LogP contribution in [0.3, 0.4) is 0 Å². The monoisotopic (exact) mass is 236 g/mol. The standard InChI is InChI=1S/C12H13FN2S/c13-9-5-10(15)7-11(6-9)16-8-12(1-2-12)3-4-14/h5-7H,1-3,8,15H2. The maximum Gasteiger partial charge on any atom is 0.126 e. The predicted octanol–water partition coefficient (Wildman–Crippen LogP) is 3.19. The fourth-order valence-corrected chi connectivity index (χ4v) is 2.90. The molecule has 0 aromatic heterocycles. The normalized spacial score (nSPS) is 16.8. The quantitative estimate of drug-likeness (QED) is 0.645. The summed E-state index contributed by atoms with van der Waals surface area (Å²) in [7, 11) is 0. The predicted molar refractivity (Wildman–Crippen MR) is 63.4 cm³/mol. The largest absolute Gasteiger partial charge is 0.399 e. The van der Waals surface area contributed by atoms with Gasteiger partial charge < -0.3 is 5.73 Å². The van der Waals surface area contributed by atoms with Crippen molar-refractivity contribution in [2.45, 2.75) is 24.2 Å². The van der Waals surface area contributed by atoms with E-state index in [0.717, 1.165) is 23.5 Å². The maximum atomic E-state index is 13.1. The van der Waals surface area contributed by atoms with Crippen molar-refractivity contribution in [3.63, 3.8) is 0 Å². The highest BCUT2D eigenvalue weighted by Gasteiger charge is 2.42. The van der Waals surface area contributed by atoms with Crippen LogP contribution >= 0.6 is 11.8 Å². The number of anilines is 1. The third-order valence-corrected chi connectivity index (χ3v) is 4.18. The second-order valence-electron chi connectivity index (χ2n) is 4.34. The molecule has 0 radical (unpaired) electrons. The number of nitriles is 1. The van der Waals surface area contributed by atoms with Gasteiger partial charge in [0.1, 0.15) is 5.82 Å². The average molecular weight is 236 g/mol. The highest BCUT2D eigenvalue weighted by atomic mass is 32.2. The first-order valence-corrected chi connectivity index (χ1v) is 6.18. The molecule has 0 aliphatic heterocycles. The molecule has 1 aliphatic carbocycles. The number of nitrogens with two attached hydrogens (primary N) is 1. The van der Waals surface area contributed by atoms with Gasteiger partial charge in [-0.1, -0.05) is 0 Å². The lowest BCUT2D eigenvalue weighted by atomic mass is 10.1. The SMILES string of the molecule is N#CCC1(CSc2cc(N)cc(F)c2)CC1. The van der Waals surface area contributed by atoms with Crippen LogP contribution in [0.1, 0.15) is 19.3 Å². The minimum atomic E-state index is -0.298. The number of halogens is 1.